The Labute approximate surface area is 90.1 Å². The molecule has 0 aliphatic rings. The molecule has 0 fully saturated rings. The van der Waals surface area contributed by atoms with Crippen molar-refractivity contribution in [2.24, 2.45) is 0 Å². The summed E-state index contributed by atoms with van der Waals surface area (Å²) in [5.41, 5.74) is 1.13. The van der Waals surface area contributed by atoms with Crippen molar-refractivity contribution in [2.75, 3.05) is 20.3 Å². The Bertz CT molecular complexity index is 275. The Morgan fingerprint density at radius 1 is 1.67 bits per heavy atom. The molecule has 0 saturated carbocycles. The zero-order chi connectivity index (χ0) is 11.1. The Hall–Kier alpha value is -0.910. The first-order valence-corrected chi connectivity index (χ1v) is 5.15. The molecule has 1 atom stereocenters. The molecule has 0 saturated heterocycles. The largest absolute Gasteiger partial charge is 0.389 e. The fourth-order valence-corrected chi connectivity index (χ4v) is 1.31. The lowest BCUT2D eigenvalue weighted by molar-refractivity contribution is 0.0644. The molecule has 86 valence electrons. The standard InChI is InChI=1S/C10H19N3O2/c1-3-13-7-9(5-12-13)4-11-6-10(14)8-15-2/h5,7,10-11,14H,3-4,6,8H2,1-2H3. The van der Waals surface area contributed by atoms with Gasteiger partial charge in [-0.1, -0.05) is 0 Å². The third kappa shape index (κ3) is 4.42. The Kier molecular flexibility index (Phi) is 5.31. The van der Waals surface area contributed by atoms with E-state index in [1.165, 1.54) is 0 Å². The SMILES string of the molecule is CCn1cc(CNCC(O)COC)cn1. The second-order valence-corrected chi connectivity index (χ2v) is 3.44. The number of hydrogen-bond donors (Lipinski definition) is 2. The summed E-state index contributed by atoms with van der Waals surface area (Å²) in [4.78, 5) is 0. The average molecular weight is 213 g/mol. The van der Waals surface area contributed by atoms with E-state index in [-0.39, 0.29) is 0 Å². The van der Waals surface area contributed by atoms with Crippen LogP contribution in [0, 0.1) is 0 Å². The van der Waals surface area contributed by atoms with E-state index >= 15 is 0 Å². The van der Waals surface area contributed by atoms with Gasteiger partial charge in [-0.2, -0.15) is 5.10 Å². The summed E-state index contributed by atoms with van der Waals surface area (Å²) in [6.45, 7) is 4.55. The highest BCUT2D eigenvalue weighted by Gasteiger charge is 2.02. The summed E-state index contributed by atoms with van der Waals surface area (Å²) in [5.74, 6) is 0. The Morgan fingerprint density at radius 3 is 3.07 bits per heavy atom. The van der Waals surface area contributed by atoms with Crippen LogP contribution in [-0.2, 0) is 17.8 Å². The number of rotatable bonds is 7. The molecule has 0 aliphatic heterocycles. The number of nitrogens with zero attached hydrogens (tertiary/aromatic N) is 2. The number of ether oxygens (including phenoxy) is 1. The highest BCUT2D eigenvalue weighted by molar-refractivity contribution is 5.03. The minimum absolute atomic E-state index is 0.362. The molecule has 1 unspecified atom stereocenters. The monoisotopic (exact) mass is 213 g/mol. The van der Waals surface area contributed by atoms with Gasteiger partial charge in [0.25, 0.3) is 0 Å². The minimum Gasteiger partial charge on any atom is -0.389 e. The Balaban J connectivity index is 2.19. The van der Waals surface area contributed by atoms with E-state index in [0.29, 0.717) is 13.2 Å². The van der Waals surface area contributed by atoms with Crippen molar-refractivity contribution < 1.29 is 9.84 Å². The molecule has 15 heavy (non-hydrogen) atoms. The summed E-state index contributed by atoms with van der Waals surface area (Å²) in [5, 5.41) is 16.7. The van der Waals surface area contributed by atoms with Crippen LogP contribution < -0.4 is 5.32 Å². The van der Waals surface area contributed by atoms with Crippen molar-refractivity contribution in [3.8, 4) is 0 Å². The maximum atomic E-state index is 9.37. The fourth-order valence-electron chi connectivity index (χ4n) is 1.31. The first-order valence-electron chi connectivity index (χ1n) is 5.15. The van der Waals surface area contributed by atoms with Gasteiger partial charge >= 0.3 is 0 Å². The van der Waals surface area contributed by atoms with Gasteiger partial charge in [0, 0.05) is 38.5 Å². The van der Waals surface area contributed by atoms with Crippen LogP contribution in [0.2, 0.25) is 0 Å². The first-order chi connectivity index (χ1) is 7.26. The van der Waals surface area contributed by atoms with Gasteiger partial charge in [0.2, 0.25) is 0 Å². The molecule has 0 aliphatic carbocycles. The number of aromatic nitrogens is 2. The van der Waals surface area contributed by atoms with Crippen LogP contribution in [-0.4, -0.2) is 41.3 Å². The van der Waals surface area contributed by atoms with Crippen molar-refractivity contribution in [3.05, 3.63) is 18.0 Å². The van der Waals surface area contributed by atoms with Crippen LogP contribution in [0.1, 0.15) is 12.5 Å². The maximum absolute atomic E-state index is 9.37. The number of hydrogen-bond acceptors (Lipinski definition) is 4. The zero-order valence-electron chi connectivity index (χ0n) is 9.31. The molecule has 2 N–H and O–H groups in total. The van der Waals surface area contributed by atoms with E-state index in [1.807, 2.05) is 24.0 Å². The number of nitrogens with one attached hydrogen (secondary N) is 1. The molecule has 1 aromatic heterocycles. The molecular formula is C10H19N3O2. The second kappa shape index (κ2) is 6.55. The molecule has 0 bridgehead atoms. The predicted molar refractivity (Wildman–Crippen MR) is 57.5 cm³/mol. The normalized spacial score (nSPS) is 13.0. The molecular weight excluding hydrogens is 194 g/mol. The van der Waals surface area contributed by atoms with Gasteiger partial charge in [0.1, 0.15) is 0 Å². The van der Waals surface area contributed by atoms with E-state index in [9.17, 15) is 5.11 Å². The average Bonchev–Trinajstić information content (AvgIpc) is 2.66. The molecule has 0 aromatic carbocycles. The van der Waals surface area contributed by atoms with Crippen LogP contribution in [0.4, 0.5) is 0 Å². The van der Waals surface area contributed by atoms with Crippen molar-refractivity contribution >= 4 is 0 Å². The highest BCUT2D eigenvalue weighted by Crippen LogP contribution is 1.96. The van der Waals surface area contributed by atoms with Crippen LogP contribution in [0.5, 0.6) is 0 Å². The van der Waals surface area contributed by atoms with Crippen LogP contribution >= 0.6 is 0 Å². The van der Waals surface area contributed by atoms with Crippen LogP contribution in [0.3, 0.4) is 0 Å². The van der Waals surface area contributed by atoms with Crippen molar-refractivity contribution in [1.82, 2.24) is 15.1 Å². The molecule has 5 nitrogen and oxygen atoms in total. The molecule has 5 heteroatoms. The third-order valence-corrected chi connectivity index (χ3v) is 2.08. The molecule has 1 heterocycles. The van der Waals surface area contributed by atoms with Gasteiger partial charge in [-0.15, -0.1) is 0 Å². The predicted octanol–water partition coefficient (Wildman–Crippen LogP) is -0.0001000. The maximum Gasteiger partial charge on any atom is 0.0897 e. The van der Waals surface area contributed by atoms with Gasteiger partial charge in [0.15, 0.2) is 0 Å². The summed E-state index contributed by atoms with van der Waals surface area (Å²) in [6.07, 6.45) is 3.38. The molecule has 0 amide bonds. The van der Waals surface area contributed by atoms with Gasteiger partial charge < -0.3 is 15.2 Å². The van der Waals surface area contributed by atoms with E-state index < -0.39 is 6.10 Å². The summed E-state index contributed by atoms with van der Waals surface area (Å²) >= 11 is 0. The second-order valence-electron chi connectivity index (χ2n) is 3.44. The topological polar surface area (TPSA) is 59.3 Å². The van der Waals surface area contributed by atoms with Gasteiger partial charge in [-0.3, -0.25) is 4.68 Å². The quantitative estimate of drug-likeness (QED) is 0.669. The van der Waals surface area contributed by atoms with Crippen molar-refractivity contribution in [2.45, 2.75) is 26.1 Å². The minimum atomic E-state index is -0.448. The number of aliphatic hydroxyl groups excluding tert-OH is 1. The lowest BCUT2D eigenvalue weighted by atomic mass is 10.3. The molecule has 0 spiro atoms. The first kappa shape index (κ1) is 12.2. The third-order valence-electron chi connectivity index (χ3n) is 2.08. The van der Waals surface area contributed by atoms with Gasteiger partial charge in [0.05, 0.1) is 18.9 Å². The van der Waals surface area contributed by atoms with Crippen LogP contribution in [0.25, 0.3) is 0 Å². The van der Waals surface area contributed by atoms with E-state index in [1.54, 1.807) is 7.11 Å². The van der Waals surface area contributed by atoms with E-state index in [2.05, 4.69) is 10.4 Å². The highest BCUT2D eigenvalue weighted by atomic mass is 16.5. The Morgan fingerprint density at radius 2 is 2.47 bits per heavy atom. The van der Waals surface area contributed by atoms with Crippen LogP contribution in [0.15, 0.2) is 12.4 Å². The van der Waals surface area contributed by atoms with E-state index in [0.717, 1.165) is 18.7 Å². The fraction of sp³-hybridized carbons (Fsp3) is 0.700. The summed E-state index contributed by atoms with van der Waals surface area (Å²) in [6, 6.07) is 0. The smallest absolute Gasteiger partial charge is 0.0897 e. The summed E-state index contributed by atoms with van der Waals surface area (Å²) < 4.78 is 6.70. The number of aryl methyl sites for hydroxylation is 1. The van der Waals surface area contributed by atoms with Gasteiger partial charge in [-0.05, 0) is 6.92 Å². The number of aliphatic hydroxyl groups is 1. The number of methoxy groups -OCH3 is 1. The molecule has 1 aromatic rings. The lowest BCUT2D eigenvalue weighted by Crippen LogP contribution is -2.29. The lowest BCUT2D eigenvalue weighted by Gasteiger charge is -2.09. The molecule has 0 radical (unpaired) electrons. The van der Waals surface area contributed by atoms with Gasteiger partial charge in [-0.25, -0.2) is 0 Å². The van der Waals surface area contributed by atoms with Crippen molar-refractivity contribution in [1.29, 1.82) is 0 Å². The van der Waals surface area contributed by atoms with E-state index in [4.69, 9.17) is 4.74 Å². The zero-order valence-corrected chi connectivity index (χ0v) is 9.31. The van der Waals surface area contributed by atoms with Crippen molar-refractivity contribution in [3.63, 3.8) is 0 Å². The molecule has 1 rings (SSSR count). The summed E-state index contributed by atoms with van der Waals surface area (Å²) in [7, 11) is 1.58.